The van der Waals surface area contributed by atoms with Crippen LogP contribution in [0.2, 0.25) is 0 Å². The third kappa shape index (κ3) is 2.87. The predicted molar refractivity (Wildman–Crippen MR) is 57.9 cm³/mol. The summed E-state index contributed by atoms with van der Waals surface area (Å²) in [7, 11) is 0. The van der Waals surface area contributed by atoms with Crippen molar-refractivity contribution in [3.8, 4) is 11.5 Å². The summed E-state index contributed by atoms with van der Waals surface area (Å²) in [6.45, 7) is 4.24. The SMILES string of the molecule is CCCOc1ccc(C(C)=NO)c(O)c1. The van der Waals surface area contributed by atoms with Gasteiger partial charge in [0.1, 0.15) is 11.5 Å². The van der Waals surface area contributed by atoms with Gasteiger partial charge in [-0.25, -0.2) is 0 Å². The van der Waals surface area contributed by atoms with Gasteiger partial charge in [0.05, 0.1) is 12.3 Å². The van der Waals surface area contributed by atoms with E-state index in [4.69, 9.17) is 9.94 Å². The van der Waals surface area contributed by atoms with Gasteiger partial charge in [0.25, 0.3) is 0 Å². The molecule has 0 bridgehead atoms. The molecule has 0 aliphatic rings. The highest BCUT2D eigenvalue weighted by Crippen LogP contribution is 2.24. The van der Waals surface area contributed by atoms with Crippen LogP contribution in [-0.2, 0) is 0 Å². The number of aromatic hydroxyl groups is 1. The first-order chi connectivity index (χ1) is 7.19. The molecule has 0 aromatic heterocycles. The fourth-order valence-electron chi connectivity index (χ4n) is 1.18. The van der Waals surface area contributed by atoms with E-state index in [2.05, 4.69) is 5.16 Å². The monoisotopic (exact) mass is 209 g/mol. The van der Waals surface area contributed by atoms with E-state index < -0.39 is 0 Å². The van der Waals surface area contributed by atoms with Gasteiger partial charge in [0.2, 0.25) is 0 Å². The van der Waals surface area contributed by atoms with E-state index in [1.165, 1.54) is 6.07 Å². The molecule has 0 spiro atoms. The van der Waals surface area contributed by atoms with Crippen molar-refractivity contribution >= 4 is 5.71 Å². The molecule has 1 aromatic rings. The second kappa shape index (κ2) is 5.24. The van der Waals surface area contributed by atoms with E-state index in [1.54, 1.807) is 19.1 Å². The van der Waals surface area contributed by atoms with Crippen LogP contribution in [0, 0.1) is 0 Å². The molecule has 82 valence electrons. The predicted octanol–water partition coefficient (Wildman–Crippen LogP) is 2.38. The van der Waals surface area contributed by atoms with Crippen molar-refractivity contribution < 1.29 is 15.1 Å². The third-order valence-electron chi connectivity index (χ3n) is 1.98. The average Bonchev–Trinajstić information content (AvgIpc) is 2.25. The highest BCUT2D eigenvalue weighted by atomic mass is 16.5. The first-order valence-corrected chi connectivity index (χ1v) is 4.84. The van der Waals surface area contributed by atoms with E-state index in [-0.39, 0.29) is 5.75 Å². The van der Waals surface area contributed by atoms with Crippen LogP contribution in [0.15, 0.2) is 23.4 Å². The Labute approximate surface area is 88.8 Å². The lowest BCUT2D eigenvalue weighted by Gasteiger charge is -2.07. The molecule has 0 aliphatic heterocycles. The van der Waals surface area contributed by atoms with E-state index in [0.29, 0.717) is 23.6 Å². The number of phenols is 1. The maximum atomic E-state index is 9.62. The van der Waals surface area contributed by atoms with Gasteiger partial charge in [-0.15, -0.1) is 0 Å². The third-order valence-corrected chi connectivity index (χ3v) is 1.98. The molecule has 1 aromatic carbocycles. The van der Waals surface area contributed by atoms with Crippen LogP contribution in [0.3, 0.4) is 0 Å². The summed E-state index contributed by atoms with van der Waals surface area (Å²) in [5, 5.41) is 21.2. The van der Waals surface area contributed by atoms with E-state index in [1.807, 2.05) is 6.92 Å². The Kier molecular flexibility index (Phi) is 3.97. The number of rotatable bonds is 4. The number of ether oxygens (including phenoxy) is 1. The fraction of sp³-hybridized carbons (Fsp3) is 0.364. The second-order valence-electron chi connectivity index (χ2n) is 3.21. The molecule has 0 fully saturated rings. The first-order valence-electron chi connectivity index (χ1n) is 4.84. The topological polar surface area (TPSA) is 62.0 Å². The lowest BCUT2D eigenvalue weighted by atomic mass is 10.1. The summed E-state index contributed by atoms with van der Waals surface area (Å²) in [5.74, 6) is 0.669. The molecule has 0 amide bonds. The van der Waals surface area contributed by atoms with Gasteiger partial charge >= 0.3 is 0 Å². The molecule has 0 atom stereocenters. The van der Waals surface area contributed by atoms with Gasteiger partial charge in [-0.05, 0) is 25.5 Å². The molecule has 4 heteroatoms. The summed E-state index contributed by atoms with van der Waals surface area (Å²) < 4.78 is 5.34. The van der Waals surface area contributed by atoms with Gasteiger partial charge in [-0.2, -0.15) is 0 Å². The lowest BCUT2D eigenvalue weighted by Crippen LogP contribution is -1.98. The molecule has 0 unspecified atom stereocenters. The van der Waals surface area contributed by atoms with Crippen molar-refractivity contribution in [2.45, 2.75) is 20.3 Å². The Morgan fingerprint density at radius 2 is 2.20 bits per heavy atom. The van der Waals surface area contributed by atoms with Gasteiger partial charge in [0.15, 0.2) is 0 Å². The minimum absolute atomic E-state index is 0.0545. The lowest BCUT2D eigenvalue weighted by molar-refractivity contribution is 0.314. The van der Waals surface area contributed by atoms with Crippen LogP contribution in [0.5, 0.6) is 11.5 Å². The molecule has 4 nitrogen and oxygen atoms in total. The minimum Gasteiger partial charge on any atom is -0.507 e. The van der Waals surface area contributed by atoms with E-state index >= 15 is 0 Å². The summed E-state index contributed by atoms with van der Waals surface area (Å²) in [6.07, 6.45) is 0.916. The summed E-state index contributed by atoms with van der Waals surface area (Å²) in [4.78, 5) is 0. The molecule has 2 N–H and O–H groups in total. The number of hydrogen-bond donors (Lipinski definition) is 2. The fourth-order valence-corrected chi connectivity index (χ4v) is 1.18. The molecular formula is C11H15NO3. The summed E-state index contributed by atoms with van der Waals surface area (Å²) >= 11 is 0. The zero-order valence-electron chi connectivity index (χ0n) is 8.90. The smallest absolute Gasteiger partial charge is 0.128 e. The quantitative estimate of drug-likeness (QED) is 0.454. The Morgan fingerprint density at radius 3 is 2.73 bits per heavy atom. The van der Waals surface area contributed by atoms with Crippen LogP contribution in [0.25, 0.3) is 0 Å². The number of benzene rings is 1. The maximum absolute atomic E-state index is 9.62. The standard InChI is InChI=1S/C11H15NO3/c1-3-6-15-9-4-5-10(8(2)12-14)11(13)7-9/h4-5,7,13-14H,3,6H2,1-2H3. The second-order valence-corrected chi connectivity index (χ2v) is 3.21. The Hall–Kier alpha value is -1.71. The average molecular weight is 209 g/mol. The molecule has 15 heavy (non-hydrogen) atoms. The molecule has 1 rings (SSSR count). The Bertz CT molecular complexity index is 361. The van der Waals surface area contributed by atoms with Crippen LogP contribution >= 0.6 is 0 Å². The van der Waals surface area contributed by atoms with Gasteiger partial charge in [-0.3, -0.25) is 0 Å². The van der Waals surface area contributed by atoms with Gasteiger partial charge in [-0.1, -0.05) is 12.1 Å². The molecule has 0 saturated carbocycles. The Balaban J connectivity index is 2.88. The van der Waals surface area contributed by atoms with E-state index in [0.717, 1.165) is 6.42 Å². The molecule has 0 aliphatic carbocycles. The van der Waals surface area contributed by atoms with Gasteiger partial charge in [0, 0.05) is 11.6 Å². The normalized spacial score (nSPS) is 11.5. The zero-order valence-corrected chi connectivity index (χ0v) is 8.90. The summed E-state index contributed by atoms with van der Waals surface area (Å²) in [6, 6.07) is 4.91. The largest absolute Gasteiger partial charge is 0.507 e. The molecule has 0 heterocycles. The maximum Gasteiger partial charge on any atom is 0.128 e. The molecule has 0 saturated heterocycles. The van der Waals surface area contributed by atoms with Gasteiger partial charge < -0.3 is 15.1 Å². The first kappa shape index (κ1) is 11.4. The van der Waals surface area contributed by atoms with Crippen molar-refractivity contribution in [3.05, 3.63) is 23.8 Å². The number of hydrogen-bond acceptors (Lipinski definition) is 4. The highest BCUT2D eigenvalue weighted by Gasteiger charge is 2.06. The number of nitrogens with zero attached hydrogens (tertiary/aromatic N) is 1. The van der Waals surface area contributed by atoms with Crippen molar-refractivity contribution in [2.24, 2.45) is 5.16 Å². The Morgan fingerprint density at radius 1 is 1.47 bits per heavy atom. The molecule has 0 radical (unpaired) electrons. The number of oxime groups is 1. The number of phenolic OH excluding ortho intramolecular Hbond substituents is 1. The molecular weight excluding hydrogens is 194 g/mol. The van der Waals surface area contributed by atoms with Crippen molar-refractivity contribution in [1.82, 2.24) is 0 Å². The van der Waals surface area contributed by atoms with Crippen LogP contribution in [0.1, 0.15) is 25.8 Å². The van der Waals surface area contributed by atoms with Crippen LogP contribution in [0.4, 0.5) is 0 Å². The van der Waals surface area contributed by atoms with Crippen LogP contribution < -0.4 is 4.74 Å². The summed E-state index contributed by atoms with van der Waals surface area (Å²) in [5.41, 5.74) is 0.871. The van der Waals surface area contributed by atoms with Crippen LogP contribution in [-0.4, -0.2) is 22.6 Å². The highest BCUT2D eigenvalue weighted by molar-refractivity contribution is 6.00. The van der Waals surface area contributed by atoms with Crippen molar-refractivity contribution in [2.75, 3.05) is 6.61 Å². The van der Waals surface area contributed by atoms with E-state index in [9.17, 15) is 5.11 Å². The zero-order chi connectivity index (χ0) is 11.3. The van der Waals surface area contributed by atoms with Crippen molar-refractivity contribution in [1.29, 1.82) is 0 Å². The minimum atomic E-state index is 0.0545. The van der Waals surface area contributed by atoms with Crippen molar-refractivity contribution in [3.63, 3.8) is 0 Å².